The van der Waals surface area contributed by atoms with Gasteiger partial charge in [0, 0.05) is 30.8 Å². The molecule has 0 radical (unpaired) electrons. The molecule has 0 atom stereocenters. The van der Waals surface area contributed by atoms with Crippen molar-refractivity contribution in [2.75, 3.05) is 13.6 Å². The van der Waals surface area contributed by atoms with Gasteiger partial charge in [0.2, 0.25) is 0 Å². The Hall–Kier alpha value is -1.65. The lowest BCUT2D eigenvalue weighted by Gasteiger charge is -2.17. The zero-order valence-corrected chi connectivity index (χ0v) is 12.7. The maximum absolute atomic E-state index is 13.9. The van der Waals surface area contributed by atoms with Crippen LogP contribution in [-0.4, -0.2) is 18.5 Å². The van der Waals surface area contributed by atoms with Crippen LogP contribution in [0.15, 0.2) is 41.2 Å². The summed E-state index contributed by atoms with van der Waals surface area (Å²) in [5, 5.41) is 3.34. The van der Waals surface area contributed by atoms with Gasteiger partial charge in [-0.1, -0.05) is 19.1 Å². The fourth-order valence-electron chi connectivity index (χ4n) is 2.31. The van der Waals surface area contributed by atoms with Crippen LogP contribution in [0, 0.1) is 5.82 Å². The maximum atomic E-state index is 13.9. The monoisotopic (exact) mass is 290 g/mol. The minimum atomic E-state index is -0.145. The van der Waals surface area contributed by atoms with Crippen LogP contribution in [0.3, 0.4) is 0 Å². The van der Waals surface area contributed by atoms with Crippen LogP contribution in [0.25, 0.3) is 0 Å². The first-order valence-corrected chi connectivity index (χ1v) is 7.36. The van der Waals surface area contributed by atoms with Gasteiger partial charge >= 0.3 is 0 Å². The molecule has 0 amide bonds. The van der Waals surface area contributed by atoms with Gasteiger partial charge in [0.1, 0.15) is 5.82 Å². The number of nitrogens with one attached hydrogen (secondary N) is 1. The van der Waals surface area contributed by atoms with Gasteiger partial charge in [-0.05, 0) is 37.7 Å². The number of rotatable bonds is 8. The van der Waals surface area contributed by atoms with E-state index < -0.39 is 0 Å². The number of halogens is 1. The van der Waals surface area contributed by atoms with E-state index in [1.54, 1.807) is 18.6 Å². The first-order chi connectivity index (χ1) is 10.2. The molecule has 0 saturated heterocycles. The van der Waals surface area contributed by atoms with E-state index >= 15 is 0 Å². The average Bonchev–Trinajstić information content (AvgIpc) is 2.95. The van der Waals surface area contributed by atoms with E-state index in [9.17, 15) is 4.39 Å². The van der Waals surface area contributed by atoms with Crippen molar-refractivity contribution in [3.05, 3.63) is 59.3 Å². The number of benzene rings is 1. The maximum Gasteiger partial charge on any atom is 0.127 e. The van der Waals surface area contributed by atoms with Gasteiger partial charge in [0.05, 0.1) is 12.5 Å². The Labute approximate surface area is 125 Å². The van der Waals surface area contributed by atoms with Crippen molar-refractivity contribution in [1.82, 2.24) is 10.2 Å². The Balaban J connectivity index is 1.96. The van der Waals surface area contributed by atoms with Crippen molar-refractivity contribution in [3.63, 3.8) is 0 Å². The predicted molar refractivity (Wildman–Crippen MR) is 82.3 cm³/mol. The summed E-state index contributed by atoms with van der Waals surface area (Å²) in [6.45, 7) is 5.22. The van der Waals surface area contributed by atoms with Gasteiger partial charge in [-0.25, -0.2) is 4.39 Å². The molecule has 0 bridgehead atoms. The smallest absolute Gasteiger partial charge is 0.127 e. The van der Waals surface area contributed by atoms with Crippen molar-refractivity contribution < 1.29 is 8.81 Å². The average molecular weight is 290 g/mol. The first-order valence-electron chi connectivity index (χ1n) is 7.36. The van der Waals surface area contributed by atoms with Crippen molar-refractivity contribution >= 4 is 0 Å². The Morgan fingerprint density at radius 1 is 1.19 bits per heavy atom. The van der Waals surface area contributed by atoms with Crippen molar-refractivity contribution in [1.29, 1.82) is 0 Å². The highest BCUT2D eigenvalue weighted by molar-refractivity contribution is 5.25. The van der Waals surface area contributed by atoms with Crippen LogP contribution in [0.1, 0.15) is 30.0 Å². The molecule has 1 aromatic carbocycles. The molecule has 4 heteroatoms. The highest BCUT2D eigenvalue weighted by Crippen LogP contribution is 2.14. The third-order valence-electron chi connectivity index (χ3n) is 3.34. The molecule has 2 aromatic rings. The summed E-state index contributed by atoms with van der Waals surface area (Å²) in [6, 6.07) is 7.28. The van der Waals surface area contributed by atoms with Crippen molar-refractivity contribution in [3.8, 4) is 0 Å². The number of hydrogen-bond donors (Lipinski definition) is 1. The second kappa shape index (κ2) is 7.96. The van der Waals surface area contributed by atoms with Gasteiger partial charge in [-0.15, -0.1) is 0 Å². The summed E-state index contributed by atoms with van der Waals surface area (Å²) in [7, 11) is 1.98. The molecule has 1 heterocycles. The predicted octanol–water partition coefficient (Wildman–Crippen LogP) is 3.55. The molecule has 0 aliphatic carbocycles. The van der Waals surface area contributed by atoms with Crippen molar-refractivity contribution in [2.24, 2.45) is 0 Å². The summed E-state index contributed by atoms with van der Waals surface area (Å²) in [5.74, 6) is -0.145. The molecular weight excluding hydrogens is 267 g/mol. The van der Waals surface area contributed by atoms with Crippen LogP contribution in [-0.2, 0) is 19.6 Å². The molecule has 21 heavy (non-hydrogen) atoms. The molecule has 114 valence electrons. The molecule has 3 nitrogen and oxygen atoms in total. The minimum Gasteiger partial charge on any atom is -0.472 e. The lowest BCUT2D eigenvalue weighted by molar-refractivity contribution is 0.312. The van der Waals surface area contributed by atoms with Crippen LogP contribution < -0.4 is 5.32 Å². The first kappa shape index (κ1) is 15.7. The highest BCUT2D eigenvalue weighted by Gasteiger charge is 2.08. The highest BCUT2D eigenvalue weighted by atomic mass is 19.1. The van der Waals surface area contributed by atoms with E-state index in [1.807, 2.05) is 25.2 Å². The summed E-state index contributed by atoms with van der Waals surface area (Å²) < 4.78 is 19.0. The van der Waals surface area contributed by atoms with Crippen LogP contribution >= 0.6 is 0 Å². The molecule has 0 unspecified atom stereocenters. The third kappa shape index (κ3) is 4.99. The number of furan rings is 1. The second-order valence-corrected chi connectivity index (χ2v) is 5.41. The van der Waals surface area contributed by atoms with Gasteiger partial charge in [-0.2, -0.15) is 0 Å². The Kier molecular flexibility index (Phi) is 5.96. The van der Waals surface area contributed by atoms with Gasteiger partial charge in [0.25, 0.3) is 0 Å². The summed E-state index contributed by atoms with van der Waals surface area (Å²) in [5.41, 5.74) is 2.95. The third-order valence-corrected chi connectivity index (χ3v) is 3.34. The molecular formula is C17H23FN2O. The Morgan fingerprint density at radius 2 is 2.05 bits per heavy atom. The lowest BCUT2D eigenvalue weighted by Crippen LogP contribution is -2.18. The molecule has 0 aliphatic rings. The molecule has 1 aromatic heterocycles. The molecule has 2 rings (SSSR count). The largest absolute Gasteiger partial charge is 0.472 e. The van der Waals surface area contributed by atoms with Gasteiger partial charge in [0.15, 0.2) is 0 Å². The topological polar surface area (TPSA) is 28.4 Å². The van der Waals surface area contributed by atoms with E-state index in [2.05, 4.69) is 17.1 Å². The lowest BCUT2D eigenvalue weighted by atomic mass is 10.1. The van der Waals surface area contributed by atoms with E-state index in [1.165, 1.54) is 0 Å². The normalized spacial score (nSPS) is 11.2. The molecule has 0 fully saturated rings. The quantitative estimate of drug-likeness (QED) is 0.754. The fourth-order valence-corrected chi connectivity index (χ4v) is 2.31. The van der Waals surface area contributed by atoms with E-state index in [0.29, 0.717) is 6.54 Å². The molecule has 0 spiro atoms. The van der Waals surface area contributed by atoms with Crippen molar-refractivity contribution in [2.45, 2.75) is 33.0 Å². The zero-order chi connectivity index (χ0) is 15.1. The van der Waals surface area contributed by atoms with E-state index in [4.69, 9.17) is 4.42 Å². The van der Waals surface area contributed by atoms with E-state index in [0.717, 1.165) is 42.7 Å². The Morgan fingerprint density at radius 3 is 2.76 bits per heavy atom. The minimum absolute atomic E-state index is 0.145. The standard InChI is InChI=1S/C17H23FN2O/c1-3-7-19-10-14-4-5-17(18)16(9-14)12-20(2)11-15-6-8-21-13-15/h4-6,8-9,13,19H,3,7,10-12H2,1-2H3. The summed E-state index contributed by atoms with van der Waals surface area (Å²) in [6.07, 6.45) is 4.48. The van der Waals surface area contributed by atoms with Gasteiger partial charge < -0.3 is 9.73 Å². The van der Waals surface area contributed by atoms with Crippen LogP contribution in [0.4, 0.5) is 4.39 Å². The second-order valence-electron chi connectivity index (χ2n) is 5.41. The Bertz CT molecular complexity index is 540. The summed E-state index contributed by atoms with van der Waals surface area (Å²) in [4.78, 5) is 2.08. The molecule has 0 saturated carbocycles. The number of hydrogen-bond acceptors (Lipinski definition) is 3. The van der Waals surface area contributed by atoms with E-state index in [-0.39, 0.29) is 5.82 Å². The SMILES string of the molecule is CCCNCc1ccc(F)c(CN(C)Cc2ccoc2)c1. The number of nitrogens with zero attached hydrogens (tertiary/aromatic N) is 1. The fraction of sp³-hybridized carbons (Fsp3) is 0.412. The molecule has 0 aliphatic heterocycles. The summed E-state index contributed by atoms with van der Waals surface area (Å²) >= 11 is 0. The van der Waals surface area contributed by atoms with Gasteiger partial charge in [-0.3, -0.25) is 4.90 Å². The van der Waals surface area contributed by atoms with Crippen LogP contribution in [0.2, 0.25) is 0 Å². The zero-order valence-electron chi connectivity index (χ0n) is 12.7. The van der Waals surface area contributed by atoms with Crippen LogP contribution in [0.5, 0.6) is 0 Å². The molecule has 1 N–H and O–H groups in total.